The summed E-state index contributed by atoms with van der Waals surface area (Å²) >= 11 is 0. The normalized spacial score (nSPS) is 12.9. The van der Waals surface area contributed by atoms with E-state index in [0.29, 0.717) is 12.3 Å². The van der Waals surface area contributed by atoms with Gasteiger partial charge in [-0.1, -0.05) is 13.8 Å². The van der Waals surface area contributed by atoms with Crippen molar-refractivity contribution in [3.8, 4) is 0 Å². The van der Waals surface area contributed by atoms with E-state index in [2.05, 4.69) is 15.5 Å². The number of nitrogens with zero attached hydrogens (tertiary/aromatic N) is 1. The van der Waals surface area contributed by atoms with Crippen LogP contribution in [0.15, 0.2) is 0 Å². The molecule has 0 saturated carbocycles. The van der Waals surface area contributed by atoms with Crippen molar-refractivity contribution in [2.75, 3.05) is 5.32 Å². The summed E-state index contributed by atoms with van der Waals surface area (Å²) in [5.74, 6) is 0.258. The zero-order valence-electron chi connectivity index (χ0n) is 10.3. The summed E-state index contributed by atoms with van der Waals surface area (Å²) < 4.78 is 0. The lowest BCUT2D eigenvalue weighted by atomic mass is 10.0. The van der Waals surface area contributed by atoms with Crippen LogP contribution in [0, 0.1) is 19.8 Å². The molecule has 1 unspecified atom stereocenters. The molecule has 90 valence electrons. The molecule has 0 aliphatic carbocycles. The lowest BCUT2D eigenvalue weighted by Crippen LogP contribution is -2.36. The number of anilines is 1. The molecule has 1 heterocycles. The average molecular weight is 224 g/mol. The number of carbonyl (C=O) groups excluding carboxylic acids is 1. The van der Waals surface area contributed by atoms with Crippen molar-refractivity contribution in [1.82, 2.24) is 10.2 Å². The van der Waals surface area contributed by atoms with Crippen LogP contribution in [0.1, 0.15) is 31.7 Å². The number of nitrogens with two attached hydrogens (primary N) is 1. The van der Waals surface area contributed by atoms with E-state index < -0.39 is 6.04 Å². The maximum absolute atomic E-state index is 11.8. The van der Waals surface area contributed by atoms with Gasteiger partial charge < -0.3 is 11.1 Å². The van der Waals surface area contributed by atoms with E-state index in [1.807, 2.05) is 27.7 Å². The third-order valence-corrected chi connectivity index (χ3v) is 2.44. The number of hydrogen-bond donors (Lipinski definition) is 3. The minimum atomic E-state index is -0.464. The predicted octanol–water partition coefficient (Wildman–Crippen LogP) is 1.34. The Labute approximate surface area is 95.8 Å². The summed E-state index contributed by atoms with van der Waals surface area (Å²) in [4.78, 5) is 11.8. The smallest absolute Gasteiger partial charge is 0.241 e. The van der Waals surface area contributed by atoms with E-state index in [1.165, 1.54) is 0 Å². The van der Waals surface area contributed by atoms with Crippen molar-refractivity contribution in [3.05, 3.63) is 11.4 Å². The Bertz CT molecular complexity index is 351. The van der Waals surface area contributed by atoms with E-state index in [-0.39, 0.29) is 5.91 Å². The quantitative estimate of drug-likeness (QED) is 0.721. The lowest BCUT2D eigenvalue weighted by Gasteiger charge is -2.14. The molecule has 0 aliphatic rings. The molecule has 0 aromatic carbocycles. The molecule has 1 rings (SSSR count). The van der Waals surface area contributed by atoms with Gasteiger partial charge in [-0.05, 0) is 26.2 Å². The second kappa shape index (κ2) is 5.12. The molecular weight excluding hydrogens is 204 g/mol. The van der Waals surface area contributed by atoms with E-state index in [1.54, 1.807) is 0 Å². The molecule has 0 fully saturated rings. The number of aryl methyl sites for hydroxylation is 2. The molecule has 4 N–H and O–H groups in total. The molecule has 16 heavy (non-hydrogen) atoms. The van der Waals surface area contributed by atoms with E-state index in [0.717, 1.165) is 17.1 Å². The minimum Gasteiger partial charge on any atom is -0.322 e. The van der Waals surface area contributed by atoms with Crippen LogP contribution in [-0.4, -0.2) is 22.1 Å². The zero-order valence-corrected chi connectivity index (χ0v) is 10.3. The Balaban J connectivity index is 2.64. The van der Waals surface area contributed by atoms with Crippen molar-refractivity contribution in [2.45, 2.75) is 40.2 Å². The molecule has 0 radical (unpaired) electrons. The average Bonchev–Trinajstić information content (AvgIpc) is 2.48. The number of nitrogens with one attached hydrogen (secondary N) is 2. The van der Waals surface area contributed by atoms with Crippen molar-refractivity contribution >= 4 is 11.6 Å². The van der Waals surface area contributed by atoms with Gasteiger partial charge in [-0.3, -0.25) is 9.89 Å². The molecule has 0 spiro atoms. The summed E-state index contributed by atoms with van der Waals surface area (Å²) in [6, 6.07) is -0.464. The highest BCUT2D eigenvalue weighted by molar-refractivity contribution is 5.95. The summed E-state index contributed by atoms with van der Waals surface area (Å²) in [5, 5.41) is 9.63. The highest BCUT2D eigenvalue weighted by Gasteiger charge is 2.17. The second-order valence-electron chi connectivity index (χ2n) is 4.53. The van der Waals surface area contributed by atoms with Crippen molar-refractivity contribution in [2.24, 2.45) is 11.7 Å². The first kappa shape index (κ1) is 12.7. The highest BCUT2D eigenvalue weighted by atomic mass is 16.2. The predicted molar refractivity (Wildman–Crippen MR) is 64.1 cm³/mol. The van der Waals surface area contributed by atoms with Gasteiger partial charge in [0.2, 0.25) is 5.91 Å². The van der Waals surface area contributed by atoms with E-state index >= 15 is 0 Å². The van der Waals surface area contributed by atoms with E-state index in [9.17, 15) is 4.79 Å². The molecule has 5 nitrogen and oxygen atoms in total. The van der Waals surface area contributed by atoms with Crippen LogP contribution in [0.2, 0.25) is 0 Å². The van der Waals surface area contributed by atoms with Crippen LogP contribution in [-0.2, 0) is 4.79 Å². The third kappa shape index (κ3) is 3.06. The van der Waals surface area contributed by atoms with Gasteiger partial charge in [-0.15, -0.1) is 0 Å². The summed E-state index contributed by atoms with van der Waals surface area (Å²) in [6.45, 7) is 7.79. The van der Waals surface area contributed by atoms with Crippen LogP contribution in [0.3, 0.4) is 0 Å². The van der Waals surface area contributed by atoms with Crippen molar-refractivity contribution < 1.29 is 4.79 Å². The van der Waals surface area contributed by atoms with Crippen LogP contribution >= 0.6 is 0 Å². The van der Waals surface area contributed by atoms with Gasteiger partial charge in [-0.2, -0.15) is 5.10 Å². The Kier molecular flexibility index (Phi) is 4.06. The molecule has 1 amide bonds. The van der Waals surface area contributed by atoms with Gasteiger partial charge in [0.15, 0.2) is 0 Å². The molecule has 1 aromatic rings. The number of H-pyrrole nitrogens is 1. The Morgan fingerprint density at radius 3 is 2.56 bits per heavy atom. The molecule has 1 atom stereocenters. The number of amides is 1. The molecule has 1 aromatic heterocycles. The number of rotatable bonds is 4. The van der Waals surface area contributed by atoms with Gasteiger partial charge in [0.1, 0.15) is 0 Å². The van der Waals surface area contributed by atoms with Gasteiger partial charge in [-0.25, -0.2) is 0 Å². The fourth-order valence-electron chi connectivity index (χ4n) is 1.57. The largest absolute Gasteiger partial charge is 0.322 e. The molecule has 0 aliphatic heterocycles. The first-order valence-electron chi connectivity index (χ1n) is 5.49. The minimum absolute atomic E-state index is 0.152. The SMILES string of the molecule is Cc1n[nH]c(C)c1NC(=O)C(N)CC(C)C. The number of aromatic amines is 1. The summed E-state index contributed by atoms with van der Waals surface area (Å²) in [5.41, 5.74) is 8.16. The van der Waals surface area contributed by atoms with Gasteiger partial charge >= 0.3 is 0 Å². The molecular formula is C11H20N4O. The molecule has 5 heteroatoms. The van der Waals surface area contributed by atoms with Gasteiger partial charge in [0, 0.05) is 0 Å². The van der Waals surface area contributed by atoms with Crippen molar-refractivity contribution in [1.29, 1.82) is 0 Å². The number of carbonyl (C=O) groups is 1. The Morgan fingerprint density at radius 1 is 1.50 bits per heavy atom. The van der Waals surface area contributed by atoms with Gasteiger partial charge in [0.25, 0.3) is 0 Å². The Morgan fingerprint density at radius 2 is 2.12 bits per heavy atom. The summed E-state index contributed by atoms with van der Waals surface area (Å²) in [7, 11) is 0. The van der Waals surface area contributed by atoms with Crippen LogP contribution in [0.5, 0.6) is 0 Å². The maximum atomic E-state index is 11.8. The number of aromatic nitrogens is 2. The molecule has 0 saturated heterocycles. The van der Waals surface area contributed by atoms with Crippen LogP contribution in [0.25, 0.3) is 0 Å². The first-order valence-corrected chi connectivity index (χ1v) is 5.49. The lowest BCUT2D eigenvalue weighted by molar-refractivity contribution is -0.117. The second-order valence-corrected chi connectivity index (χ2v) is 4.53. The van der Waals surface area contributed by atoms with Gasteiger partial charge in [0.05, 0.1) is 23.1 Å². The topological polar surface area (TPSA) is 83.8 Å². The first-order chi connectivity index (χ1) is 7.41. The fourth-order valence-corrected chi connectivity index (χ4v) is 1.57. The fraction of sp³-hybridized carbons (Fsp3) is 0.636. The highest BCUT2D eigenvalue weighted by Crippen LogP contribution is 2.16. The van der Waals surface area contributed by atoms with E-state index in [4.69, 9.17) is 5.73 Å². The third-order valence-electron chi connectivity index (χ3n) is 2.44. The maximum Gasteiger partial charge on any atom is 0.241 e. The van der Waals surface area contributed by atoms with Crippen LogP contribution < -0.4 is 11.1 Å². The molecule has 0 bridgehead atoms. The monoisotopic (exact) mass is 224 g/mol. The van der Waals surface area contributed by atoms with Crippen molar-refractivity contribution in [3.63, 3.8) is 0 Å². The summed E-state index contributed by atoms with van der Waals surface area (Å²) in [6.07, 6.45) is 0.682. The zero-order chi connectivity index (χ0) is 12.3. The standard InChI is InChI=1S/C11H20N4O/c1-6(2)5-9(12)11(16)13-10-7(3)14-15-8(10)4/h6,9H,5,12H2,1-4H3,(H,13,16)(H,14,15). The number of hydrogen-bond acceptors (Lipinski definition) is 3. The van der Waals surface area contributed by atoms with Crippen LogP contribution in [0.4, 0.5) is 5.69 Å². The Hall–Kier alpha value is -1.36.